The van der Waals surface area contributed by atoms with Gasteiger partial charge in [-0.05, 0) is 43.5 Å². The molecule has 0 saturated carbocycles. The molecule has 2 aromatic rings. The number of non-ortho nitro benzene ring substituents is 1. The van der Waals surface area contributed by atoms with Gasteiger partial charge in [0.1, 0.15) is 5.76 Å². The first kappa shape index (κ1) is 17.4. The van der Waals surface area contributed by atoms with Crippen LogP contribution in [0.4, 0.5) is 5.69 Å². The maximum atomic E-state index is 12.3. The highest BCUT2D eigenvalue weighted by molar-refractivity contribution is 5.92. The van der Waals surface area contributed by atoms with Crippen LogP contribution in [0.1, 0.15) is 29.8 Å². The standard InChI is InChI=1S/C17H17N3O4.ClH/c21-17(19-14-9-11-3-6-13(14)18-11)16-8-7-15(24-16)10-1-4-12(5-2-10)20(22)23;/h1-2,4-5,7-8,11,13-14,18H,3,6,9H2,(H,19,21);1H/t11-,13+,14-;/m1./s1. The van der Waals surface area contributed by atoms with Gasteiger partial charge in [0, 0.05) is 35.8 Å². The van der Waals surface area contributed by atoms with E-state index in [0.29, 0.717) is 23.4 Å². The maximum Gasteiger partial charge on any atom is 0.287 e. The second-order valence-corrected chi connectivity index (χ2v) is 6.33. The van der Waals surface area contributed by atoms with Crippen LogP contribution in [-0.4, -0.2) is 29.0 Å². The molecule has 132 valence electrons. The van der Waals surface area contributed by atoms with Gasteiger partial charge in [-0.1, -0.05) is 0 Å². The van der Waals surface area contributed by atoms with Crippen molar-refractivity contribution in [2.75, 3.05) is 0 Å². The third-order valence-electron chi connectivity index (χ3n) is 4.81. The number of nitro benzene ring substituents is 1. The molecule has 1 aromatic carbocycles. The molecule has 8 heteroatoms. The molecule has 3 heterocycles. The Labute approximate surface area is 150 Å². The number of fused-ring (bicyclic) bond motifs is 2. The van der Waals surface area contributed by atoms with Crippen molar-refractivity contribution in [2.45, 2.75) is 37.4 Å². The zero-order valence-electron chi connectivity index (χ0n) is 13.3. The highest BCUT2D eigenvalue weighted by atomic mass is 35.5. The van der Waals surface area contributed by atoms with Crippen molar-refractivity contribution in [3.63, 3.8) is 0 Å². The number of amides is 1. The SMILES string of the molecule is Cl.O=C(N[C@@H]1C[C@H]2CC[C@@H]1N2)c1ccc(-c2ccc([N+](=O)[O-])cc2)o1. The average molecular weight is 364 g/mol. The van der Waals surface area contributed by atoms with Crippen molar-refractivity contribution < 1.29 is 14.1 Å². The number of halogens is 1. The molecule has 0 unspecified atom stereocenters. The number of hydrogen-bond donors (Lipinski definition) is 2. The van der Waals surface area contributed by atoms with Crippen molar-refractivity contribution in [3.8, 4) is 11.3 Å². The van der Waals surface area contributed by atoms with Crippen LogP contribution in [0.15, 0.2) is 40.8 Å². The summed E-state index contributed by atoms with van der Waals surface area (Å²) < 4.78 is 5.62. The van der Waals surface area contributed by atoms with Gasteiger partial charge in [0.2, 0.25) is 0 Å². The number of nitrogens with zero attached hydrogens (tertiary/aromatic N) is 1. The molecule has 2 saturated heterocycles. The van der Waals surface area contributed by atoms with Crippen LogP contribution >= 0.6 is 12.4 Å². The molecular formula is C17H18ClN3O4. The van der Waals surface area contributed by atoms with E-state index in [4.69, 9.17) is 4.42 Å². The van der Waals surface area contributed by atoms with E-state index in [-0.39, 0.29) is 35.8 Å². The molecule has 1 amide bonds. The van der Waals surface area contributed by atoms with Gasteiger partial charge in [0.25, 0.3) is 11.6 Å². The first-order chi connectivity index (χ1) is 11.6. The predicted octanol–water partition coefficient (Wildman–Crippen LogP) is 2.90. The van der Waals surface area contributed by atoms with Gasteiger partial charge in [0.05, 0.1) is 4.92 Å². The fraction of sp³-hybridized carbons (Fsp3) is 0.353. The molecule has 3 atom stereocenters. The molecule has 2 aliphatic heterocycles. The van der Waals surface area contributed by atoms with Crippen molar-refractivity contribution in [2.24, 2.45) is 0 Å². The van der Waals surface area contributed by atoms with Gasteiger partial charge in [-0.25, -0.2) is 0 Å². The summed E-state index contributed by atoms with van der Waals surface area (Å²) in [4.78, 5) is 22.6. The second kappa shape index (κ2) is 6.85. The lowest BCUT2D eigenvalue weighted by molar-refractivity contribution is -0.384. The van der Waals surface area contributed by atoms with E-state index in [9.17, 15) is 14.9 Å². The quantitative estimate of drug-likeness (QED) is 0.643. The monoisotopic (exact) mass is 363 g/mol. The Bertz CT molecular complexity index is 789. The summed E-state index contributed by atoms with van der Waals surface area (Å²) in [6.07, 6.45) is 3.25. The summed E-state index contributed by atoms with van der Waals surface area (Å²) in [7, 11) is 0. The minimum absolute atomic E-state index is 0. The van der Waals surface area contributed by atoms with Crippen LogP contribution in [0, 0.1) is 10.1 Å². The van der Waals surface area contributed by atoms with Gasteiger partial charge in [0.15, 0.2) is 5.76 Å². The summed E-state index contributed by atoms with van der Waals surface area (Å²) in [5, 5.41) is 17.2. The largest absolute Gasteiger partial charge is 0.451 e. The van der Waals surface area contributed by atoms with Gasteiger partial charge < -0.3 is 15.1 Å². The zero-order chi connectivity index (χ0) is 16.7. The highest BCUT2D eigenvalue weighted by Gasteiger charge is 2.39. The Kier molecular flexibility index (Phi) is 4.78. The van der Waals surface area contributed by atoms with E-state index in [2.05, 4.69) is 10.6 Å². The van der Waals surface area contributed by atoms with Crippen LogP contribution < -0.4 is 10.6 Å². The van der Waals surface area contributed by atoms with E-state index < -0.39 is 4.92 Å². The zero-order valence-corrected chi connectivity index (χ0v) is 14.1. The number of rotatable bonds is 4. The molecule has 0 aliphatic carbocycles. The number of benzene rings is 1. The van der Waals surface area contributed by atoms with E-state index in [0.717, 1.165) is 12.8 Å². The average Bonchev–Trinajstić information content (AvgIpc) is 3.31. The fourth-order valence-electron chi connectivity index (χ4n) is 3.59. The summed E-state index contributed by atoms with van der Waals surface area (Å²) in [6, 6.07) is 10.4. The summed E-state index contributed by atoms with van der Waals surface area (Å²) in [5.41, 5.74) is 0.716. The lowest BCUT2D eigenvalue weighted by Crippen LogP contribution is -2.42. The number of carbonyl (C=O) groups is 1. The summed E-state index contributed by atoms with van der Waals surface area (Å²) in [6.45, 7) is 0. The first-order valence-electron chi connectivity index (χ1n) is 8.02. The lowest BCUT2D eigenvalue weighted by Gasteiger charge is -2.20. The van der Waals surface area contributed by atoms with Crippen LogP contribution in [-0.2, 0) is 0 Å². The topological polar surface area (TPSA) is 97.4 Å². The first-order valence-corrected chi connectivity index (χ1v) is 8.02. The number of carbonyl (C=O) groups excluding carboxylic acids is 1. The van der Waals surface area contributed by atoms with Crippen molar-refractivity contribution >= 4 is 24.0 Å². The highest BCUT2D eigenvalue weighted by Crippen LogP contribution is 2.29. The molecule has 25 heavy (non-hydrogen) atoms. The van der Waals surface area contributed by atoms with E-state index in [1.807, 2.05) is 0 Å². The molecule has 1 aromatic heterocycles. The van der Waals surface area contributed by atoms with Gasteiger partial charge in [-0.15, -0.1) is 12.4 Å². The Hall–Kier alpha value is -2.38. The molecule has 2 N–H and O–H groups in total. The Balaban J connectivity index is 0.00000182. The van der Waals surface area contributed by atoms with Crippen LogP contribution in [0.3, 0.4) is 0 Å². The minimum atomic E-state index is -0.450. The van der Waals surface area contributed by atoms with Crippen molar-refractivity contribution in [3.05, 3.63) is 52.3 Å². The van der Waals surface area contributed by atoms with Crippen LogP contribution in [0.5, 0.6) is 0 Å². The molecule has 0 spiro atoms. The molecule has 0 radical (unpaired) electrons. The van der Waals surface area contributed by atoms with Gasteiger partial charge >= 0.3 is 0 Å². The van der Waals surface area contributed by atoms with E-state index in [1.54, 1.807) is 24.3 Å². The minimum Gasteiger partial charge on any atom is -0.451 e. The fourth-order valence-corrected chi connectivity index (χ4v) is 3.59. The summed E-state index contributed by atoms with van der Waals surface area (Å²) in [5.74, 6) is 0.551. The molecule has 2 bridgehead atoms. The molecular weight excluding hydrogens is 346 g/mol. The normalized spacial score (nSPS) is 23.9. The molecule has 2 fully saturated rings. The number of nitro groups is 1. The third-order valence-corrected chi connectivity index (χ3v) is 4.81. The Morgan fingerprint density at radius 1 is 1.20 bits per heavy atom. The second-order valence-electron chi connectivity index (χ2n) is 6.33. The van der Waals surface area contributed by atoms with Crippen LogP contribution in [0.2, 0.25) is 0 Å². The number of hydrogen-bond acceptors (Lipinski definition) is 5. The molecule has 7 nitrogen and oxygen atoms in total. The Morgan fingerprint density at radius 2 is 1.96 bits per heavy atom. The number of nitrogens with one attached hydrogen (secondary N) is 2. The van der Waals surface area contributed by atoms with E-state index in [1.165, 1.54) is 18.6 Å². The number of furan rings is 1. The van der Waals surface area contributed by atoms with Gasteiger partial charge in [-0.2, -0.15) is 0 Å². The smallest absolute Gasteiger partial charge is 0.287 e. The lowest BCUT2D eigenvalue weighted by atomic mass is 9.95. The van der Waals surface area contributed by atoms with Crippen LogP contribution in [0.25, 0.3) is 11.3 Å². The van der Waals surface area contributed by atoms with Gasteiger partial charge in [-0.3, -0.25) is 14.9 Å². The van der Waals surface area contributed by atoms with E-state index >= 15 is 0 Å². The maximum absolute atomic E-state index is 12.3. The predicted molar refractivity (Wildman–Crippen MR) is 93.9 cm³/mol. The molecule has 2 aliphatic rings. The third kappa shape index (κ3) is 3.38. The van der Waals surface area contributed by atoms with Crippen molar-refractivity contribution in [1.82, 2.24) is 10.6 Å². The Morgan fingerprint density at radius 3 is 2.56 bits per heavy atom. The summed E-state index contributed by atoms with van der Waals surface area (Å²) >= 11 is 0. The van der Waals surface area contributed by atoms with Crippen molar-refractivity contribution in [1.29, 1.82) is 0 Å². The molecule has 4 rings (SSSR count).